The van der Waals surface area contributed by atoms with Gasteiger partial charge in [-0.2, -0.15) is 33.2 Å². The molecule has 0 unspecified atom stereocenters. The van der Waals surface area contributed by atoms with Crippen LogP contribution in [0.4, 0.5) is 31.0 Å². The van der Waals surface area contributed by atoms with Crippen molar-refractivity contribution < 1.29 is 17.6 Å². The third-order valence-corrected chi connectivity index (χ3v) is 6.65. The highest BCUT2D eigenvalue weighted by molar-refractivity contribution is 5.78. The first-order valence-corrected chi connectivity index (χ1v) is 12.7. The van der Waals surface area contributed by atoms with Gasteiger partial charge in [-0.15, -0.1) is 0 Å². The zero-order chi connectivity index (χ0) is 25.8. The average molecular weight is 514 g/mol. The Labute approximate surface area is 213 Å². The molecular weight excluding hydrogens is 483 g/mol. The van der Waals surface area contributed by atoms with Gasteiger partial charge in [-0.3, -0.25) is 0 Å². The third-order valence-electron chi connectivity index (χ3n) is 6.65. The first-order chi connectivity index (χ1) is 17.9. The van der Waals surface area contributed by atoms with E-state index in [9.17, 15) is 13.2 Å². The minimum Gasteiger partial charge on any atom is -0.455 e. The Morgan fingerprint density at radius 2 is 1.43 bits per heavy atom. The van der Waals surface area contributed by atoms with Gasteiger partial charge >= 0.3 is 6.18 Å². The molecular formula is C26H30F3N7O. The molecule has 0 radical (unpaired) electrons. The molecule has 1 aromatic carbocycles. The number of nitrogens with zero attached hydrogens (tertiary/aromatic N) is 7. The predicted molar refractivity (Wildman–Crippen MR) is 137 cm³/mol. The van der Waals surface area contributed by atoms with Crippen molar-refractivity contribution >= 4 is 24.1 Å². The largest absolute Gasteiger partial charge is 0.455 e. The number of anilines is 3. The maximum Gasteiger partial charge on any atom is 0.417 e. The molecule has 0 atom stereocenters. The molecule has 2 fully saturated rings. The Balaban J connectivity index is 1.39. The summed E-state index contributed by atoms with van der Waals surface area (Å²) in [4.78, 5) is 18.5. The van der Waals surface area contributed by atoms with E-state index in [1.165, 1.54) is 42.3 Å². The summed E-state index contributed by atoms with van der Waals surface area (Å²) in [5.41, 5.74) is -0.761. The van der Waals surface area contributed by atoms with Crippen molar-refractivity contribution in [2.45, 2.75) is 44.7 Å². The molecule has 4 heterocycles. The van der Waals surface area contributed by atoms with Gasteiger partial charge in [0.1, 0.15) is 11.5 Å². The van der Waals surface area contributed by atoms with Crippen molar-refractivity contribution in [3.05, 3.63) is 47.7 Å². The van der Waals surface area contributed by atoms with Crippen LogP contribution in [0.2, 0.25) is 0 Å². The van der Waals surface area contributed by atoms with Crippen molar-refractivity contribution in [1.82, 2.24) is 15.0 Å². The van der Waals surface area contributed by atoms with E-state index in [1.807, 2.05) is 0 Å². The summed E-state index contributed by atoms with van der Waals surface area (Å²) in [6, 6.07) is 8.44. The van der Waals surface area contributed by atoms with E-state index in [2.05, 4.69) is 24.9 Å². The summed E-state index contributed by atoms with van der Waals surface area (Å²) in [7, 11) is 1.73. The zero-order valence-electron chi connectivity index (χ0n) is 20.8. The Hall–Kier alpha value is -3.63. The van der Waals surface area contributed by atoms with Gasteiger partial charge in [0.05, 0.1) is 11.8 Å². The van der Waals surface area contributed by atoms with Crippen LogP contribution in [0.25, 0.3) is 11.3 Å². The molecule has 11 heteroatoms. The molecule has 2 saturated heterocycles. The van der Waals surface area contributed by atoms with Crippen LogP contribution in [0, 0.1) is 0 Å². The molecule has 2 aromatic heterocycles. The second-order valence-electron chi connectivity index (χ2n) is 9.34. The van der Waals surface area contributed by atoms with Crippen LogP contribution in [-0.4, -0.2) is 54.4 Å². The van der Waals surface area contributed by atoms with Crippen LogP contribution in [0.15, 0.2) is 45.9 Å². The summed E-state index contributed by atoms with van der Waals surface area (Å²) in [5.74, 6) is 2.15. The quantitative estimate of drug-likeness (QED) is 0.314. The zero-order valence-corrected chi connectivity index (χ0v) is 20.8. The molecule has 2 aliphatic rings. The normalized spacial score (nSPS) is 17.0. The van der Waals surface area contributed by atoms with Gasteiger partial charge in [-0.1, -0.05) is 18.2 Å². The van der Waals surface area contributed by atoms with E-state index in [-0.39, 0.29) is 11.3 Å². The van der Waals surface area contributed by atoms with Gasteiger partial charge in [0, 0.05) is 38.8 Å². The minimum absolute atomic E-state index is 0.0159. The minimum atomic E-state index is -4.48. The van der Waals surface area contributed by atoms with Crippen molar-refractivity contribution in [2.24, 2.45) is 5.10 Å². The summed E-state index contributed by atoms with van der Waals surface area (Å²) < 4.78 is 45.9. The maximum absolute atomic E-state index is 13.4. The SMILES string of the molecule is CN(/N=C\c1ccc(-c2ccccc2C(F)(F)F)o1)c1nc(N2CCCCC2)nc(N2CCCCC2)n1. The van der Waals surface area contributed by atoms with E-state index in [0.717, 1.165) is 57.9 Å². The van der Waals surface area contributed by atoms with Crippen LogP contribution in [0.1, 0.15) is 49.8 Å². The number of hydrogen-bond donors (Lipinski definition) is 0. The number of halogens is 3. The number of alkyl halides is 3. The average Bonchev–Trinajstić information content (AvgIpc) is 3.41. The van der Waals surface area contributed by atoms with Crippen LogP contribution >= 0.6 is 0 Å². The molecule has 0 aliphatic carbocycles. The topological polar surface area (TPSA) is 73.9 Å². The van der Waals surface area contributed by atoms with E-state index >= 15 is 0 Å². The predicted octanol–water partition coefficient (Wildman–Crippen LogP) is 5.60. The Bertz CT molecular complexity index is 1190. The smallest absolute Gasteiger partial charge is 0.417 e. The number of piperidine rings is 2. The fourth-order valence-electron chi connectivity index (χ4n) is 4.67. The first kappa shape index (κ1) is 25.0. The number of hydrazone groups is 1. The van der Waals surface area contributed by atoms with Gasteiger partial charge in [0.2, 0.25) is 11.9 Å². The molecule has 37 heavy (non-hydrogen) atoms. The van der Waals surface area contributed by atoms with Crippen LogP contribution in [0.3, 0.4) is 0 Å². The molecule has 196 valence electrons. The van der Waals surface area contributed by atoms with Crippen LogP contribution in [-0.2, 0) is 6.18 Å². The van der Waals surface area contributed by atoms with Gasteiger partial charge in [0.15, 0.2) is 0 Å². The summed E-state index contributed by atoms with van der Waals surface area (Å²) >= 11 is 0. The summed E-state index contributed by atoms with van der Waals surface area (Å²) in [6.07, 6.45) is 3.79. The molecule has 3 aromatic rings. The number of furan rings is 1. The number of benzene rings is 1. The summed E-state index contributed by atoms with van der Waals surface area (Å²) in [5, 5.41) is 5.95. The highest BCUT2D eigenvalue weighted by atomic mass is 19.4. The molecule has 0 N–H and O–H groups in total. The van der Waals surface area contributed by atoms with E-state index in [0.29, 0.717) is 23.6 Å². The second kappa shape index (κ2) is 10.8. The number of aromatic nitrogens is 3. The Morgan fingerprint density at radius 3 is 2.03 bits per heavy atom. The highest BCUT2D eigenvalue weighted by Gasteiger charge is 2.34. The van der Waals surface area contributed by atoms with Crippen molar-refractivity contribution in [3.63, 3.8) is 0 Å². The molecule has 2 aliphatic heterocycles. The fourth-order valence-corrected chi connectivity index (χ4v) is 4.67. The lowest BCUT2D eigenvalue weighted by Gasteiger charge is -2.30. The molecule has 0 saturated carbocycles. The van der Waals surface area contributed by atoms with Gasteiger partial charge in [-0.05, 0) is 56.7 Å². The van der Waals surface area contributed by atoms with Crippen molar-refractivity contribution in [1.29, 1.82) is 0 Å². The standard InChI is InChI=1S/C26H30F3N7O/c1-34(30-18-19-12-13-22(37-19)20-10-4-5-11-21(20)26(27,28)29)23-31-24(35-14-6-2-7-15-35)33-25(32-23)36-16-8-3-9-17-36/h4-5,10-13,18H,2-3,6-9,14-17H2,1H3/b30-18-. The maximum atomic E-state index is 13.4. The fraction of sp³-hybridized carbons (Fsp3) is 0.462. The molecule has 0 bridgehead atoms. The monoisotopic (exact) mass is 513 g/mol. The second-order valence-corrected chi connectivity index (χ2v) is 9.34. The third kappa shape index (κ3) is 5.86. The van der Waals surface area contributed by atoms with Crippen molar-refractivity contribution in [2.75, 3.05) is 48.0 Å². The van der Waals surface area contributed by atoms with Crippen LogP contribution < -0.4 is 14.8 Å². The lowest BCUT2D eigenvalue weighted by Crippen LogP contribution is -2.35. The van der Waals surface area contributed by atoms with Gasteiger partial charge < -0.3 is 14.2 Å². The number of rotatable bonds is 6. The van der Waals surface area contributed by atoms with Crippen molar-refractivity contribution in [3.8, 4) is 11.3 Å². The molecule has 0 amide bonds. The van der Waals surface area contributed by atoms with E-state index in [4.69, 9.17) is 9.40 Å². The lowest BCUT2D eigenvalue weighted by molar-refractivity contribution is -0.137. The molecule has 5 rings (SSSR count). The van der Waals surface area contributed by atoms with Gasteiger partial charge in [0.25, 0.3) is 5.95 Å². The van der Waals surface area contributed by atoms with Crippen LogP contribution in [0.5, 0.6) is 0 Å². The highest BCUT2D eigenvalue weighted by Crippen LogP contribution is 2.37. The number of hydrogen-bond acceptors (Lipinski definition) is 8. The van der Waals surface area contributed by atoms with Gasteiger partial charge in [-0.25, -0.2) is 5.01 Å². The molecule has 8 nitrogen and oxygen atoms in total. The first-order valence-electron chi connectivity index (χ1n) is 12.7. The lowest BCUT2D eigenvalue weighted by atomic mass is 10.1. The Morgan fingerprint density at radius 1 is 0.838 bits per heavy atom. The summed E-state index contributed by atoms with van der Waals surface area (Å²) in [6.45, 7) is 3.63. The molecule has 0 spiro atoms. The van der Waals surface area contributed by atoms with E-state index < -0.39 is 11.7 Å². The Kier molecular flexibility index (Phi) is 7.29. The van der Waals surface area contributed by atoms with E-state index in [1.54, 1.807) is 19.2 Å².